The number of hydrogen-bond donors (Lipinski definition) is 0. The van der Waals surface area contributed by atoms with E-state index in [1.165, 1.54) is 12.1 Å². The lowest BCUT2D eigenvalue weighted by Gasteiger charge is -1.96. The van der Waals surface area contributed by atoms with Crippen LogP contribution in [-0.2, 0) is 6.54 Å². The van der Waals surface area contributed by atoms with E-state index in [2.05, 4.69) is 15.2 Å². The van der Waals surface area contributed by atoms with Crippen LogP contribution in [0.4, 0.5) is 5.69 Å². The van der Waals surface area contributed by atoms with Gasteiger partial charge in [-0.1, -0.05) is 5.16 Å². The van der Waals surface area contributed by atoms with Crippen LogP contribution in [0.2, 0.25) is 0 Å². The van der Waals surface area contributed by atoms with E-state index in [0.29, 0.717) is 29.5 Å². The quantitative estimate of drug-likeness (QED) is 0.406. The summed E-state index contributed by atoms with van der Waals surface area (Å²) in [5.74, 6) is 1.71. The van der Waals surface area contributed by atoms with Crippen LogP contribution < -0.4 is 0 Å². The molecule has 1 aromatic carbocycles. The third-order valence-corrected chi connectivity index (χ3v) is 3.51. The molecule has 0 unspecified atom stereocenters. The lowest BCUT2D eigenvalue weighted by Crippen LogP contribution is -1.97. The molecular formula is C16H11N5O4. The summed E-state index contributed by atoms with van der Waals surface area (Å²) in [6.07, 6.45) is 3.53. The molecule has 0 radical (unpaired) electrons. The summed E-state index contributed by atoms with van der Waals surface area (Å²) in [5, 5.41) is 18.7. The van der Waals surface area contributed by atoms with E-state index < -0.39 is 4.92 Å². The van der Waals surface area contributed by atoms with E-state index in [9.17, 15) is 10.1 Å². The van der Waals surface area contributed by atoms with Crippen LogP contribution in [-0.4, -0.2) is 24.8 Å². The van der Waals surface area contributed by atoms with Gasteiger partial charge in [-0.3, -0.25) is 14.8 Å². The number of hydrogen-bond acceptors (Lipinski definition) is 7. The summed E-state index contributed by atoms with van der Waals surface area (Å²) >= 11 is 0. The largest absolute Gasteiger partial charge is 0.454 e. The van der Waals surface area contributed by atoms with Gasteiger partial charge in [-0.05, 0) is 30.3 Å². The lowest BCUT2D eigenvalue weighted by atomic mass is 10.2. The summed E-state index contributed by atoms with van der Waals surface area (Å²) < 4.78 is 12.7. The van der Waals surface area contributed by atoms with E-state index in [4.69, 9.17) is 8.94 Å². The number of non-ortho nitro benzene ring substituents is 1. The number of rotatable bonds is 5. The highest BCUT2D eigenvalue weighted by Gasteiger charge is 2.15. The Hall–Kier alpha value is -3.75. The smallest absolute Gasteiger partial charge is 0.293 e. The number of nitrogens with zero attached hydrogens (tertiary/aromatic N) is 5. The van der Waals surface area contributed by atoms with Gasteiger partial charge in [0, 0.05) is 30.1 Å². The topological polar surface area (TPSA) is 113 Å². The van der Waals surface area contributed by atoms with Crippen LogP contribution in [0.1, 0.15) is 5.76 Å². The molecule has 3 heterocycles. The van der Waals surface area contributed by atoms with Gasteiger partial charge in [0.1, 0.15) is 5.76 Å². The van der Waals surface area contributed by atoms with Crippen LogP contribution in [0, 0.1) is 10.1 Å². The van der Waals surface area contributed by atoms with Crippen molar-refractivity contribution in [3.05, 3.63) is 70.7 Å². The zero-order valence-electron chi connectivity index (χ0n) is 12.8. The van der Waals surface area contributed by atoms with Gasteiger partial charge in [0.25, 0.3) is 11.6 Å². The number of benzene rings is 1. The Morgan fingerprint density at radius 2 is 2.00 bits per heavy atom. The zero-order chi connectivity index (χ0) is 17.2. The maximum Gasteiger partial charge on any atom is 0.293 e. The SMILES string of the molecule is O=[N+]([O-])c1ccc(-c2noc(-c3ccc(Cn4cccn4)o3)n2)cc1. The molecule has 0 N–H and O–H groups in total. The van der Waals surface area contributed by atoms with E-state index in [1.807, 2.05) is 18.3 Å². The number of nitro groups is 1. The maximum atomic E-state index is 10.7. The Labute approximate surface area is 140 Å². The number of nitro benzene ring substituents is 1. The van der Waals surface area contributed by atoms with Crippen molar-refractivity contribution in [3.8, 4) is 23.0 Å². The molecule has 0 atom stereocenters. The molecule has 4 aromatic rings. The predicted octanol–water partition coefficient (Wildman–Crippen LogP) is 3.15. The van der Waals surface area contributed by atoms with Crippen molar-refractivity contribution in [3.63, 3.8) is 0 Å². The van der Waals surface area contributed by atoms with Gasteiger partial charge in [-0.2, -0.15) is 10.1 Å². The van der Waals surface area contributed by atoms with Gasteiger partial charge in [-0.25, -0.2) is 0 Å². The highest BCUT2D eigenvalue weighted by atomic mass is 16.6. The summed E-state index contributed by atoms with van der Waals surface area (Å²) in [6.45, 7) is 0.496. The van der Waals surface area contributed by atoms with E-state index >= 15 is 0 Å². The highest BCUT2D eigenvalue weighted by Crippen LogP contribution is 2.25. The first-order chi connectivity index (χ1) is 12.2. The van der Waals surface area contributed by atoms with Gasteiger partial charge in [-0.15, -0.1) is 0 Å². The first-order valence-electron chi connectivity index (χ1n) is 7.34. The first-order valence-corrected chi connectivity index (χ1v) is 7.34. The van der Waals surface area contributed by atoms with Crippen LogP contribution in [0.15, 0.2) is 63.8 Å². The minimum absolute atomic E-state index is 0.00164. The van der Waals surface area contributed by atoms with Crippen LogP contribution in [0.5, 0.6) is 0 Å². The van der Waals surface area contributed by atoms with Crippen LogP contribution in [0.3, 0.4) is 0 Å². The van der Waals surface area contributed by atoms with Crippen molar-refractivity contribution >= 4 is 5.69 Å². The van der Waals surface area contributed by atoms with E-state index in [1.54, 1.807) is 29.1 Å². The van der Waals surface area contributed by atoms with Crippen molar-refractivity contribution in [2.75, 3.05) is 0 Å². The van der Waals surface area contributed by atoms with Gasteiger partial charge < -0.3 is 8.94 Å². The molecule has 0 aliphatic carbocycles. The van der Waals surface area contributed by atoms with E-state index in [0.717, 1.165) is 0 Å². The molecule has 0 spiro atoms. The molecule has 9 nitrogen and oxygen atoms in total. The van der Waals surface area contributed by atoms with Crippen LogP contribution in [0.25, 0.3) is 23.0 Å². The van der Waals surface area contributed by atoms with Crippen molar-refractivity contribution in [1.29, 1.82) is 0 Å². The molecular weight excluding hydrogens is 326 g/mol. The Balaban J connectivity index is 1.55. The predicted molar refractivity (Wildman–Crippen MR) is 85.4 cm³/mol. The summed E-state index contributed by atoms with van der Waals surface area (Å²) in [4.78, 5) is 14.5. The molecule has 4 rings (SSSR count). The van der Waals surface area contributed by atoms with E-state index in [-0.39, 0.29) is 11.6 Å². The van der Waals surface area contributed by atoms with Gasteiger partial charge in [0.2, 0.25) is 5.82 Å². The molecule has 124 valence electrons. The van der Waals surface area contributed by atoms with Crippen molar-refractivity contribution in [2.45, 2.75) is 6.54 Å². The molecule has 3 aromatic heterocycles. The third-order valence-electron chi connectivity index (χ3n) is 3.51. The standard InChI is InChI=1S/C16H11N5O4/c22-21(23)12-4-2-11(3-5-12)15-18-16(25-19-15)14-7-6-13(24-14)10-20-9-1-8-17-20/h1-9H,10H2. The molecule has 0 aliphatic heterocycles. The molecule has 9 heteroatoms. The Kier molecular flexibility index (Phi) is 3.58. The van der Waals surface area contributed by atoms with Gasteiger partial charge in [0.15, 0.2) is 5.76 Å². The second-order valence-electron chi connectivity index (χ2n) is 5.20. The lowest BCUT2D eigenvalue weighted by molar-refractivity contribution is -0.384. The minimum Gasteiger partial charge on any atom is -0.454 e. The van der Waals surface area contributed by atoms with Gasteiger partial charge >= 0.3 is 0 Å². The fourth-order valence-electron chi connectivity index (χ4n) is 2.30. The molecule has 0 bridgehead atoms. The normalized spacial score (nSPS) is 10.9. The number of furan rings is 1. The first kappa shape index (κ1) is 14.8. The Morgan fingerprint density at radius 1 is 1.16 bits per heavy atom. The summed E-state index contributed by atoms with van der Waals surface area (Å²) in [5.41, 5.74) is 0.616. The second kappa shape index (κ2) is 6.04. The summed E-state index contributed by atoms with van der Waals surface area (Å²) in [7, 11) is 0. The molecule has 25 heavy (non-hydrogen) atoms. The Morgan fingerprint density at radius 3 is 2.72 bits per heavy atom. The average Bonchev–Trinajstić information content (AvgIpc) is 3.37. The van der Waals surface area contributed by atoms with Crippen LogP contribution >= 0.6 is 0 Å². The minimum atomic E-state index is -0.463. The zero-order valence-corrected chi connectivity index (χ0v) is 12.8. The second-order valence-corrected chi connectivity index (χ2v) is 5.20. The summed E-state index contributed by atoms with van der Waals surface area (Å²) in [6, 6.07) is 11.3. The van der Waals surface area contributed by atoms with Crippen molar-refractivity contribution < 1.29 is 13.9 Å². The Bertz CT molecular complexity index is 1000. The maximum absolute atomic E-state index is 10.7. The molecule has 0 saturated heterocycles. The molecule has 0 saturated carbocycles. The molecule has 0 fully saturated rings. The average molecular weight is 337 g/mol. The van der Waals surface area contributed by atoms with Crippen molar-refractivity contribution in [1.82, 2.24) is 19.9 Å². The molecule has 0 amide bonds. The van der Waals surface area contributed by atoms with Gasteiger partial charge in [0.05, 0.1) is 11.5 Å². The fourth-order valence-corrected chi connectivity index (χ4v) is 2.30. The molecule has 0 aliphatic rings. The highest BCUT2D eigenvalue weighted by molar-refractivity contribution is 5.59. The number of aromatic nitrogens is 4. The third kappa shape index (κ3) is 3.02. The monoisotopic (exact) mass is 337 g/mol. The fraction of sp³-hybridized carbons (Fsp3) is 0.0625. The van der Waals surface area contributed by atoms with Crippen molar-refractivity contribution in [2.24, 2.45) is 0 Å².